The van der Waals surface area contributed by atoms with Gasteiger partial charge in [0.25, 0.3) is 0 Å². The number of carbonyl (C=O) groups is 1. The fourth-order valence-electron chi connectivity index (χ4n) is 3.60. The number of rotatable bonds is 1. The van der Waals surface area contributed by atoms with Crippen molar-refractivity contribution in [1.29, 1.82) is 10.7 Å². The van der Waals surface area contributed by atoms with E-state index >= 15 is 0 Å². The molecule has 0 amide bonds. The largest absolute Gasteiger partial charge is 0.303 e. The molecule has 0 radical (unpaired) electrons. The minimum Gasteiger partial charge on any atom is -0.303 e. The van der Waals surface area contributed by atoms with Crippen molar-refractivity contribution < 1.29 is 4.79 Å². The fourth-order valence-corrected chi connectivity index (χ4v) is 3.60. The third-order valence-corrected chi connectivity index (χ3v) is 4.61. The molecule has 1 N–H and O–H groups in total. The first-order valence-corrected chi connectivity index (χ1v) is 7.51. The first-order valence-electron chi connectivity index (χ1n) is 7.51. The summed E-state index contributed by atoms with van der Waals surface area (Å²) in [4.78, 5) is 12.7. The summed E-state index contributed by atoms with van der Waals surface area (Å²) in [6.07, 6.45) is 6.14. The summed E-state index contributed by atoms with van der Waals surface area (Å²) >= 11 is 0. The van der Waals surface area contributed by atoms with Gasteiger partial charge < -0.3 is 5.41 Å². The Morgan fingerprint density at radius 3 is 2.67 bits per heavy atom. The van der Waals surface area contributed by atoms with Crippen LogP contribution in [0.25, 0.3) is 0 Å². The zero-order valence-corrected chi connectivity index (χ0v) is 11.9. The van der Waals surface area contributed by atoms with Crippen molar-refractivity contribution in [3.05, 3.63) is 47.5 Å². The molecule has 3 heteroatoms. The zero-order chi connectivity index (χ0) is 14.8. The second-order valence-electron chi connectivity index (χ2n) is 5.82. The number of nitrogens with zero attached hydrogens (tertiary/aromatic N) is 1. The van der Waals surface area contributed by atoms with Gasteiger partial charge in [-0.2, -0.15) is 5.26 Å². The number of nitriles is 1. The lowest BCUT2D eigenvalue weighted by Gasteiger charge is -2.35. The van der Waals surface area contributed by atoms with Crippen molar-refractivity contribution in [1.82, 2.24) is 0 Å². The minimum absolute atomic E-state index is 0.0690. The topological polar surface area (TPSA) is 64.7 Å². The van der Waals surface area contributed by atoms with E-state index in [0.717, 1.165) is 36.8 Å². The third kappa shape index (κ3) is 2.31. The Hall–Kier alpha value is -2.21. The Balaban J connectivity index is 2.10. The molecule has 0 bridgehead atoms. The van der Waals surface area contributed by atoms with Crippen molar-refractivity contribution in [2.45, 2.75) is 31.6 Å². The van der Waals surface area contributed by atoms with Crippen molar-refractivity contribution in [3.8, 4) is 6.07 Å². The molecule has 2 aliphatic carbocycles. The second-order valence-corrected chi connectivity index (χ2v) is 5.82. The van der Waals surface area contributed by atoms with Crippen LogP contribution in [0.2, 0.25) is 0 Å². The first kappa shape index (κ1) is 13.8. The van der Waals surface area contributed by atoms with E-state index in [1.165, 1.54) is 0 Å². The van der Waals surface area contributed by atoms with Gasteiger partial charge in [-0.25, -0.2) is 0 Å². The monoisotopic (exact) mass is 278 g/mol. The molecule has 0 heterocycles. The van der Waals surface area contributed by atoms with Gasteiger partial charge in [0, 0.05) is 0 Å². The molecule has 0 aliphatic heterocycles. The molecule has 106 valence electrons. The fraction of sp³-hybridized carbons (Fsp3) is 0.389. The minimum atomic E-state index is -0.907. The Kier molecular flexibility index (Phi) is 3.70. The van der Waals surface area contributed by atoms with Gasteiger partial charge in [-0.3, -0.25) is 4.79 Å². The molecule has 1 aromatic carbocycles. The highest BCUT2D eigenvalue weighted by atomic mass is 16.1. The Morgan fingerprint density at radius 2 is 1.95 bits per heavy atom. The highest BCUT2D eigenvalue weighted by molar-refractivity contribution is 6.18. The normalized spacial score (nSPS) is 29.1. The molecular formula is C18H18N2O. The van der Waals surface area contributed by atoms with Gasteiger partial charge in [-0.1, -0.05) is 42.8 Å². The highest BCUT2D eigenvalue weighted by Gasteiger charge is 2.45. The van der Waals surface area contributed by atoms with Crippen molar-refractivity contribution in [2.24, 2.45) is 11.8 Å². The Morgan fingerprint density at radius 1 is 1.19 bits per heavy atom. The molecule has 2 aliphatic rings. The quantitative estimate of drug-likeness (QED) is 0.852. The van der Waals surface area contributed by atoms with Crippen LogP contribution >= 0.6 is 0 Å². The standard InChI is InChI=1S/C18H18N2O/c19-11-15-17(20)14-10-6-2-5-9-13(14)16(18(15)21)12-7-3-1-4-8-12/h1,3-4,7-8,10,13,15-16,20H,2,5-6,9H2/t13-,15?,16+/m1/s1. The predicted molar refractivity (Wildman–Crippen MR) is 81.1 cm³/mol. The van der Waals surface area contributed by atoms with Crippen LogP contribution in [-0.2, 0) is 4.79 Å². The lowest BCUT2D eigenvalue weighted by atomic mass is 9.66. The predicted octanol–water partition coefficient (Wildman–Crippen LogP) is 3.63. The molecular weight excluding hydrogens is 260 g/mol. The third-order valence-electron chi connectivity index (χ3n) is 4.61. The van der Waals surface area contributed by atoms with Gasteiger partial charge in [0.05, 0.1) is 17.7 Å². The number of fused-ring (bicyclic) bond motifs is 1. The van der Waals surface area contributed by atoms with Crippen LogP contribution in [0.3, 0.4) is 0 Å². The van der Waals surface area contributed by atoms with Gasteiger partial charge in [0.2, 0.25) is 0 Å². The summed E-state index contributed by atoms with van der Waals surface area (Å²) in [6.45, 7) is 0. The Labute approximate surface area is 124 Å². The van der Waals surface area contributed by atoms with E-state index < -0.39 is 5.92 Å². The number of hydrogen-bond donors (Lipinski definition) is 1. The summed E-state index contributed by atoms with van der Waals surface area (Å²) in [5.41, 5.74) is 2.15. The molecule has 3 nitrogen and oxygen atoms in total. The molecule has 21 heavy (non-hydrogen) atoms. The lowest BCUT2D eigenvalue weighted by Crippen LogP contribution is -2.40. The molecule has 1 aromatic rings. The van der Waals surface area contributed by atoms with Crippen LogP contribution in [0, 0.1) is 28.6 Å². The van der Waals surface area contributed by atoms with Crippen LogP contribution in [0.4, 0.5) is 0 Å². The SMILES string of the molecule is N#CC1C(=N)C2=CCCCC[C@H]2[C@H](c2ccccc2)C1=O. The summed E-state index contributed by atoms with van der Waals surface area (Å²) in [7, 11) is 0. The van der Waals surface area contributed by atoms with Gasteiger partial charge >= 0.3 is 0 Å². The number of benzene rings is 1. The average Bonchev–Trinajstić information content (AvgIpc) is 2.75. The highest BCUT2D eigenvalue weighted by Crippen LogP contribution is 2.43. The van der Waals surface area contributed by atoms with E-state index in [9.17, 15) is 10.1 Å². The maximum atomic E-state index is 12.7. The lowest BCUT2D eigenvalue weighted by molar-refractivity contribution is -0.122. The molecule has 0 aromatic heterocycles. The Bertz CT molecular complexity index is 639. The summed E-state index contributed by atoms with van der Waals surface area (Å²) in [5, 5.41) is 17.6. The average molecular weight is 278 g/mol. The smallest absolute Gasteiger partial charge is 0.164 e. The number of nitrogens with one attached hydrogen (secondary N) is 1. The molecule has 1 saturated carbocycles. The summed E-state index contributed by atoms with van der Waals surface area (Å²) in [6, 6.07) is 11.8. The van der Waals surface area contributed by atoms with Crippen LogP contribution in [0.1, 0.15) is 37.2 Å². The van der Waals surface area contributed by atoms with Crippen molar-refractivity contribution in [2.75, 3.05) is 0 Å². The first-order chi connectivity index (χ1) is 10.2. The van der Waals surface area contributed by atoms with E-state index in [-0.39, 0.29) is 23.3 Å². The molecule has 0 spiro atoms. The van der Waals surface area contributed by atoms with E-state index in [2.05, 4.69) is 6.08 Å². The maximum Gasteiger partial charge on any atom is 0.164 e. The van der Waals surface area contributed by atoms with E-state index in [0.29, 0.717) is 0 Å². The number of Topliss-reactive ketones (excluding diaryl/α,β-unsaturated/α-hetero) is 1. The van der Waals surface area contributed by atoms with E-state index in [1.807, 2.05) is 36.4 Å². The van der Waals surface area contributed by atoms with Gasteiger partial charge in [-0.05, 0) is 36.3 Å². The van der Waals surface area contributed by atoms with Gasteiger partial charge in [-0.15, -0.1) is 0 Å². The van der Waals surface area contributed by atoms with Crippen molar-refractivity contribution in [3.63, 3.8) is 0 Å². The van der Waals surface area contributed by atoms with Crippen LogP contribution < -0.4 is 0 Å². The molecule has 0 saturated heterocycles. The molecule has 3 rings (SSSR count). The van der Waals surface area contributed by atoms with Crippen LogP contribution in [0.15, 0.2) is 42.0 Å². The van der Waals surface area contributed by atoms with Crippen LogP contribution in [0.5, 0.6) is 0 Å². The number of carbonyl (C=O) groups excluding carboxylic acids is 1. The molecule has 3 atom stereocenters. The van der Waals surface area contributed by atoms with E-state index in [4.69, 9.17) is 5.41 Å². The number of ketones is 1. The van der Waals surface area contributed by atoms with Crippen molar-refractivity contribution >= 4 is 11.5 Å². The van der Waals surface area contributed by atoms with Gasteiger partial charge in [0.15, 0.2) is 5.78 Å². The van der Waals surface area contributed by atoms with Crippen LogP contribution in [-0.4, -0.2) is 11.5 Å². The van der Waals surface area contributed by atoms with E-state index in [1.54, 1.807) is 0 Å². The summed E-state index contributed by atoms with van der Waals surface area (Å²) in [5.74, 6) is -1.21. The van der Waals surface area contributed by atoms with Gasteiger partial charge in [0.1, 0.15) is 5.92 Å². The molecule has 1 fully saturated rings. The number of hydrogen-bond acceptors (Lipinski definition) is 3. The summed E-state index contributed by atoms with van der Waals surface area (Å²) < 4.78 is 0. The maximum absolute atomic E-state index is 12.7. The zero-order valence-electron chi connectivity index (χ0n) is 11.9. The molecule has 1 unspecified atom stereocenters. The second kappa shape index (κ2) is 5.65. The number of allylic oxidation sites excluding steroid dienone is 2.